The predicted octanol–water partition coefficient (Wildman–Crippen LogP) is 1.15. The Labute approximate surface area is 113 Å². The van der Waals surface area contributed by atoms with Crippen LogP contribution in [0.25, 0.3) is 10.9 Å². The van der Waals surface area contributed by atoms with Crippen LogP contribution in [0.5, 0.6) is 0 Å². The van der Waals surface area contributed by atoms with Crippen molar-refractivity contribution in [1.29, 1.82) is 0 Å². The third-order valence-electron chi connectivity index (χ3n) is 3.79. The van der Waals surface area contributed by atoms with E-state index in [1.165, 1.54) is 10.9 Å². The highest BCUT2D eigenvalue weighted by Gasteiger charge is 2.18. The van der Waals surface area contributed by atoms with Crippen molar-refractivity contribution in [1.82, 2.24) is 14.8 Å². The summed E-state index contributed by atoms with van der Waals surface area (Å²) in [7, 11) is 2.03. The monoisotopic (exact) mass is 257 g/mol. The molecule has 0 radical (unpaired) electrons. The molecule has 2 heterocycles. The van der Waals surface area contributed by atoms with Gasteiger partial charge in [-0.15, -0.1) is 0 Å². The fourth-order valence-corrected chi connectivity index (χ4v) is 2.76. The molecule has 0 spiro atoms. The van der Waals surface area contributed by atoms with Gasteiger partial charge in [-0.3, -0.25) is 4.79 Å². The number of fused-ring (bicyclic) bond motifs is 1. The Morgan fingerprint density at radius 2 is 2.00 bits per heavy atom. The van der Waals surface area contributed by atoms with Gasteiger partial charge in [0.05, 0.1) is 6.42 Å². The second kappa shape index (κ2) is 5.05. The van der Waals surface area contributed by atoms with Crippen molar-refractivity contribution in [2.24, 2.45) is 7.05 Å². The number of benzene rings is 1. The van der Waals surface area contributed by atoms with Crippen molar-refractivity contribution in [2.75, 3.05) is 26.2 Å². The molecule has 1 saturated heterocycles. The highest BCUT2D eigenvalue weighted by molar-refractivity contribution is 5.89. The largest absolute Gasteiger partial charge is 0.350 e. The minimum Gasteiger partial charge on any atom is -0.350 e. The van der Waals surface area contributed by atoms with Crippen LogP contribution in [0.2, 0.25) is 0 Å². The van der Waals surface area contributed by atoms with E-state index in [4.69, 9.17) is 0 Å². The number of rotatable bonds is 2. The van der Waals surface area contributed by atoms with Crippen LogP contribution in [0.4, 0.5) is 0 Å². The Morgan fingerprint density at radius 3 is 2.79 bits per heavy atom. The molecule has 1 amide bonds. The molecule has 1 N–H and O–H groups in total. The SMILES string of the molecule is Cn1cc(CC(=O)N2CCNCC2)c2ccccc21. The molecule has 1 aromatic heterocycles. The van der Waals surface area contributed by atoms with E-state index in [0.29, 0.717) is 6.42 Å². The van der Waals surface area contributed by atoms with Gasteiger partial charge in [-0.25, -0.2) is 0 Å². The highest BCUT2D eigenvalue weighted by Crippen LogP contribution is 2.21. The Bertz CT molecular complexity index is 596. The molecule has 1 aliphatic heterocycles. The molecule has 0 unspecified atom stereocenters. The lowest BCUT2D eigenvalue weighted by Crippen LogP contribution is -2.46. The molecule has 1 fully saturated rings. The summed E-state index contributed by atoms with van der Waals surface area (Å²) in [5.41, 5.74) is 2.31. The first-order valence-corrected chi connectivity index (χ1v) is 6.77. The maximum Gasteiger partial charge on any atom is 0.227 e. The van der Waals surface area contributed by atoms with Crippen molar-refractivity contribution < 1.29 is 4.79 Å². The maximum absolute atomic E-state index is 12.3. The Kier molecular flexibility index (Phi) is 3.25. The molecule has 3 rings (SSSR count). The first-order valence-electron chi connectivity index (χ1n) is 6.77. The van der Waals surface area contributed by atoms with E-state index in [1.54, 1.807) is 0 Å². The van der Waals surface area contributed by atoms with Crippen molar-refractivity contribution in [2.45, 2.75) is 6.42 Å². The Hall–Kier alpha value is -1.81. The van der Waals surface area contributed by atoms with Gasteiger partial charge in [0.1, 0.15) is 0 Å². The zero-order valence-corrected chi connectivity index (χ0v) is 11.2. The zero-order valence-electron chi connectivity index (χ0n) is 11.2. The minimum absolute atomic E-state index is 0.234. The first kappa shape index (κ1) is 12.2. The number of aryl methyl sites for hydroxylation is 1. The van der Waals surface area contributed by atoms with Gasteiger partial charge in [0, 0.05) is 50.3 Å². The van der Waals surface area contributed by atoms with Crippen molar-refractivity contribution >= 4 is 16.8 Å². The molecule has 100 valence electrons. The summed E-state index contributed by atoms with van der Waals surface area (Å²) in [4.78, 5) is 14.3. The van der Waals surface area contributed by atoms with Gasteiger partial charge >= 0.3 is 0 Å². The number of piperazine rings is 1. The van der Waals surface area contributed by atoms with E-state index in [-0.39, 0.29) is 5.91 Å². The number of nitrogens with one attached hydrogen (secondary N) is 1. The molecule has 19 heavy (non-hydrogen) atoms. The Morgan fingerprint density at radius 1 is 1.26 bits per heavy atom. The summed E-state index contributed by atoms with van der Waals surface area (Å²) >= 11 is 0. The van der Waals surface area contributed by atoms with Crippen molar-refractivity contribution in [3.05, 3.63) is 36.0 Å². The van der Waals surface area contributed by atoms with Crippen LogP contribution in [0, 0.1) is 0 Å². The van der Waals surface area contributed by atoms with Crippen LogP contribution < -0.4 is 5.32 Å². The van der Waals surface area contributed by atoms with Crippen LogP contribution in [0.3, 0.4) is 0 Å². The lowest BCUT2D eigenvalue weighted by atomic mass is 10.1. The van der Waals surface area contributed by atoms with Crippen LogP contribution in [0.15, 0.2) is 30.5 Å². The normalized spacial score (nSPS) is 15.9. The second-order valence-electron chi connectivity index (χ2n) is 5.09. The van der Waals surface area contributed by atoms with Gasteiger partial charge in [-0.1, -0.05) is 18.2 Å². The minimum atomic E-state index is 0.234. The lowest BCUT2D eigenvalue weighted by Gasteiger charge is -2.27. The van der Waals surface area contributed by atoms with Crippen LogP contribution in [-0.2, 0) is 18.3 Å². The van der Waals surface area contributed by atoms with Crippen LogP contribution in [0.1, 0.15) is 5.56 Å². The van der Waals surface area contributed by atoms with Gasteiger partial charge < -0.3 is 14.8 Å². The van der Waals surface area contributed by atoms with Crippen molar-refractivity contribution in [3.63, 3.8) is 0 Å². The molecular formula is C15H19N3O. The van der Waals surface area contributed by atoms with E-state index in [2.05, 4.69) is 28.2 Å². The average molecular weight is 257 g/mol. The number of carbonyl (C=O) groups excluding carboxylic acids is 1. The van der Waals surface area contributed by atoms with Gasteiger partial charge in [0.25, 0.3) is 0 Å². The number of carbonyl (C=O) groups is 1. The summed E-state index contributed by atoms with van der Waals surface area (Å²) in [6, 6.07) is 8.25. The Balaban J connectivity index is 1.83. The maximum atomic E-state index is 12.3. The number of amides is 1. The summed E-state index contributed by atoms with van der Waals surface area (Å²) in [6.45, 7) is 3.45. The number of nitrogens with zero attached hydrogens (tertiary/aromatic N) is 2. The highest BCUT2D eigenvalue weighted by atomic mass is 16.2. The molecule has 1 aromatic carbocycles. The predicted molar refractivity (Wildman–Crippen MR) is 76.1 cm³/mol. The number of aromatic nitrogens is 1. The molecule has 4 nitrogen and oxygen atoms in total. The van der Waals surface area contributed by atoms with Gasteiger partial charge in [-0.2, -0.15) is 0 Å². The van der Waals surface area contributed by atoms with Crippen LogP contribution in [-0.4, -0.2) is 41.6 Å². The fourth-order valence-electron chi connectivity index (χ4n) is 2.76. The van der Waals surface area contributed by atoms with Crippen LogP contribution >= 0.6 is 0 Å². The van der Waals surface area contributed by atoms with Crippen molar-refractivity contribution in [3.8, 4) is 0 Å². The summed E-state index contributed by atoms with van der Waals surface area (Å²) in [5, 5.41) is 4.46. The first-order chi connectivity index (χ1) is 9.25. The molecule has 0 atom stereocenters. The molecule has 4 heteroatoms. The third-order valence-corrected chi connectivity index (χ3v) is 3.79. The number of hydrogen-bond donors (Lipinski definition) is 1. The molecule has 2 aromatic rings. The molecule has 0 saturated carbocycles. The quantitative estimate of drug-likeness (QED) is 0.876. The summed E-state index contributed by atoms with van der Waals surface area (Å²) < 4.78 is 2.09. The molecule has 0 bridgehead atoms. The second-order valence-corrected chi connectivity index (χ2v) is 5.09. The fraction of sp³-hybridized carbons (Fsp3) is 0.400. The smallest absolute Gasteiger partial charge is 0.227 e. The van der Waals surface area contributed by atoms with Gasteiger partial charge in [-0.05, 0) is 11.6 Å². The third kappa shape index (κ3) is 2.36. The number of hydrogen-bond acceptors (Lipinski definition) is 2. The summed E-state index contributed by atoms with van der Waals surface area (Å²) in [6.07, 6.45) is 2.58. The van der Waals surface area contributed by atoms with E-state index in [0.717, 1.165) is 31.7 Å². The standard InChI is InChI=1S/C15H19N3O/c1-17-11-12(13-4-2-3-5-14(13)17)10-15(19)18-8-6-16-7-9-18/h2-5,11,16H,6-10H2,1H3. The lowest BCUT2D eigenvalue weighted by molar-refractivity contribution is -0.131. The molecular weight excluding hydrogens is 238 g/mol. The van der Waals surface area contributed by atoms with Gasteiger partial charge in [0.2, 0.25) is 5.91 Å². The van der Waals surface area contributed by atoms with E-state index < -0.39 is 0 Å². The zero-order chi connectivity index (χ0) is 13.2. The van der Waals surface area contributed by atoms with E-state index >= 15 is 0 Å². The summed E-state index contributed by atoms with van der Waals surface area (Å²) in [5.74, 6) is 0.234. The number of para-hydroxylation sites is 1. The van der Waals surface area contributed by atoms with E-state index in [9.17, 15) is 4.79 Å². The molecule has 0 aliphatic carbocycles. The van der Waals surface area contributed by atoms with E-state index in [1.807, 2.05) is 24.1 Å². The van der Waals surface area contributed by atoms with Gasteiger partial charge in [0.15, 0.2) is 0 Å². The topological polar surface area (TPSA) is 37.3 Å². The molecule has 1 aliphatic rings. The average Bonchev–Trinajstić information content (AvgIpc) is 2.77.